The normalized spacial score (nSPS) is 10.4. The molecule has 3 rings (SSSR count). The Balaban J connectivity index is 1.77. The number of hydrogen-bond acceptors (Lipinski definition) is 5. The van der Waals surface area contributed by atoms with Crippen LogP contribution in [0.4, 0.5) is 5.69 Å². The Morgan fingerprint density at radius 2 is 1.67 bits per heavy atom. The predicted molar refractivity (Wildman–Crippen MR) is 113 cm³/mol. The third-order valence-electron chi connectivity index (χ3n) is 4.26. The number of carbonyl (C=O) groups excluding carboxylic acids is 1. The van der Waals surface area contributed by atoms with Crippen LogP contribution in [0, 0.1) is 6.92 Å². The highest BCUT2D eigenvalue weighted by molar-refractivity contribution is 7.18. The molecule has 1 heterocycles. The molecule has 3 N–H and O–H groups in total. The number of anilines is 1. The van der Waals surface area contributed by atoms with Crippen LogP contribution < -0.4 is 10.1 Å². The van der Waals surface area contributed by atoms with Crippen molar-refractivity contribution in [2.24, 2.45) is 0 Å². The van der Waals surface area contributed by atoms with E-state index in [0.29, 0.717) is 16.1 Å². The van der Waals surface area contributed by atoms with Crippen LogP contribution in [0.15, 0.2) is 54.6 Å². The van der Waals surface area contributed by atoms with Gasteiger partial charge in [-0.1, -0.05) is 42.5 Å². The molecule has 0 spiro atoms. The minimum atomic E-state index is -1.19. The molecule has 0 saturated carbocycles. The number of aromatic carboxylic acids is 1. The number of thiophene rings is 1. The Bertz CT molecular complexity index is 1070. The topological polar surface area (TPSA) is 113 Å². The van der Waals surface area contributed by atoms with Gasteiger partial charge in [-0.05, 0) is 30.2 Å². The fourth-order valence-electron chi connectivity index (χ4n) is 2.91. The number of carboxylic acids is 2. The smallest absolute Gasteiger partial charge is 0.349 e. The van der Waals surface area contributed by atoms with E-state index in [-0.39, 0.29) is 23.0 Å². The zero-order valence-electron chi connectivity index (χ0n) is 16.0. The molecule has 1 aromatic heterocycles. The summed E-state index contributed by atoms with van der Waals surface area (Å²) in [6, 6.07) is 16.4. The lowest BCUT2D eigenvalue weighted by molar-refractivity contribution is -0.139. The average molecular weight is 425 g/mol. The van der Waals surface area contributed by atoms with Gasteiger partial charge in [-0.2, -0.15) is 0 Å². The SMILES string of the molecule is Cc1c(-c2ccc(NC(=O)Cc3ccccc3)cc2)sc(C(=O)O)c1OCC(=O)O. The van der Waals surface area contributed by atoms with E-state index in [1.165, 1.54) is 0 Å². The Morgan fingerprint density at radius 3 is 2.27 bits per heavy atom. The Morgan fingerprint density at radius 1 is 1.00 bits per heavy atom. The van der Waals surface area contributed by atoms with Gasteiger partial charge in [0, 0.05) is 16.1 Å². The zero-order chi connectivity index (χ0) is 21.7. The highest BCUT2D eigenvalue weighted by atomic mass is 32.1. The highest BCUT2D eigenvalue weighted by Gasteiger charge is 2.23. The summed E-state index contributed by atoms with van der Waals surface area (Å²) in [5.74, 6) is -2.45. The molecule has 1 amide bonds. The lowest BCUT2D eigenvalue weighted by Crippen LogP contribution is -2.14. The highest BCUT2D eigenvalue weighted by Crippen LogP contribution is 2.41. The molecular weight excluding hydrogens is 406 g/mol. The van der Waals surface area contributed by atoms with Crippen molar-refractivity contribution in [2.45, 2.75) is 13.3 Å². The molecule has 7 nitrogen and oxygen atoms in total. The van der Waals surface area contributed by atoms with Crippen molar-refractivity contribution in [3.63, 3.8) is 0 Å². The summed E-state index contributed by atoms with van der Waals surface area (Å²) in [5.41, 5.74) is 2.83. The van der Waals surface area contributed by atoms with Gasteiger partial charge in [-0.25, -0.2) is 9.59 Å². The summed E-state index contributed by atoms with van der Waals surface area (Å²) in [6.07, 6.45) is 0.263. The van der Waals surface area contributed by atoms with Gasteiger partial charge in [-0.3, -0.25) is 4.79 Å². The van der Waals surface area contributed by atoms with Gasteiger partial charge in [0.25, 0.3) is 0 Å². The maximum atomic E-state index is 12.2. The van der Waals surface area contributed by atoms with Gasteiger partial charge >= 0.3 is 11.9 Å². The molecule has 30 heavy (non-hydrogen) atoms. The predicted octanol–water partition coefficient (Wildman–Crippen LogP) is 4.07. The van der Waals surface area contributed by atoms with E-state index in [2.05, 4.69) is 5.32 Å². The minimum Gasteiger partial charge on any atom is -0.480 e. The van der Waals surface area contributed by atoms with E-state index in [0.717, 1.165) is 22.5 Å². The van der Waals surface area contributed by atoms with Crippen LogP contribution >= 0.6 is 11.3 Å². The summed E-state index contributed by atoms with van der Waals surface area (Å²) in [6.45, 7) is 1.06. The third kappa shape index (κ3) is 5.03. The number of aliphatic carboxylic acids is 1. The molecule has 0 aliphatic rings. The second-order valence-corrected chi connectivity index (χ2v) is 7.51. The van der Waals surface area contributed by atoms with E-state index >= 15 is 0 Å². The summed E-state index contributed by atoms with van der Waals surface area (Å²) in [4.78, 5) is 35.1. The molecule has 0 radical (unpaired) electrons. The van der Waals surface area contributed by atoms with Crippen molar-refractivity contribution in [2.75, 3.05) is 11.9 Å². The van der Waals surface area contributed by atoms with Crippen LogP contribution in [-0.2, 0) is 16.0 Å². The first kappa shape index (κ1) is 21.1. The molecule has 0 aliphatic heterocycles. The van der Waals surface area contributed by atoms with E-state index in [4.69, 9.17) is 9.84 Å². The lowest BCUT2D eigenvalue weighted by atomic mass is 10.1. The van der Waals surface area contributed by atoms with E-state index in [9.17, 15) is 19.5 Å². The lowest BCUT2D eigenvalue weighted by Gasteiger charge is -2.07. The van der Waals surface area contributed by atoms with Crippen LogP contribution in [0.1, 0.15) is 20.8 Å². The second kappa shape index (κ2) is 9.23. The van der Waals surface area contributed by atoms with Gasteiger partial charge in [0.2, 0.25) is 5.91 Å². The van der Waals surface area contributed by atoms with E-state index in [1.807, 2.05) is 30.3 Å². The van der Waals surface area contributed by atoms with Gasteiger partial charge in [-0.15, -0.1) is 11.3 Å². The van der Waals surface area contributed by atoms with Crippen molar-refractivity contribution in [3.05, 3.63) is 70.6 Å². The fourth-order valence-corrected chi connectivity index (χ4v) is 4.01. The Labute approximate surface area is 176 Å². The summed E-state index contributed by atoms with van der Waals surface area (Å²) >= 11 is 1.02. The quantitative estimate of drug-likeness (QED) is 0.502. The van der Waals surface area contributed by atoms with E-state index < -0.39 is 18.5 Å². The Hall–Kier alpha value is -3.65. The number of amides is 1. The maximum absolute atomic E-state index is 12.2. The molecule has 0 fully saturated rings. The standard InChI is InChI=1S/C22H19NO6S/c1-13-19(29-12-18(25)26)21(22(27)28)30-20(13)15-7-9-16(10-8-15)23-17(24)11-14-5-3-2-4-6-14/h2-10H,11-12H2,1H3,(H,23,24)(H,25,26)(H,27,28). The van der Waals surface area contributed by atoms with Crippen LogP contribution in [0.2, 0.25) is 0 Å². The van der Waals surface area contributed by atoms with Crippen molar-refractivity contribution in [3.8, 4) is 16.2 Å². The van der Waals surface area contributed by atoms with Crippen LogP contribution in [-0.4, -0.2) is 34.7 Å². The summed E-state index contributed by atoms with van der Waals surface area (Å²) < 4.78 is 5.20. The first-order chi connectivity index (χ1) is 14.3. The molecule has 0 atom stereocenters. The van der Waals surface area contributed by atoms with Gasteiger partial charge in [0.1, 0.15) is 5.75 Å². The third-order valence-corrected chi connectivity index (χ3v) is 5.57. The molecule has 0 saturated heterocycles. The molecule has 8 heteroatoms. The number of ether oxygens (including phenoxy) is 1. The maximum Gasteiger partial charge on any atom is 0.349 e. The van der Waals surface area contributed by atoms with E-state index in [1.54, 1.807) is 31.2 Å². The monoisotopic (exact) mass is 425 g/mol. The molecule has 2 aromatic carbocycles. The van der Waals surface area contributed by atoms with Crippen molar-refractivity contribution in [1.82, 2.24) is 0 Å². The number of nitrogens with one attached hydrogen (secondary N) is 1. The number of benzene rings is 2. The fraction of sp³-hybridized carbons (Fsp3) is 0.136. The first-order valence-corrected chi connectivity index (χ1v) is 9.82. The number of carbonyl (C=O) groups is 3. The first-order valence-electron chi connectivity index (χ1n) is 9.00. The van der Waals surface area contributed by atoms with Gasteiger partial charge < -0.3 is 20.3 Å². The molecular formula is C22H19NO6S. The van der Waals surface area contributed by atoms with Crippen LogP contribution in [0.5, 0.6) is 5.75 Å². The molecule has 3 aromatic rings. The largest absolute Gasteiger partial charge is 0.480 e. The molecule has 0 bridgehead atoms. The summed E-state index contributed by atoms with van der Waals surface area (Å²) in [7, 11) is 0. The number of hydrogen-bond donors (Lipinski definition) is 3. The molecule has 0 aliphatic carbocycles. The zero-order valence-corrected chi connectivity index (χ0v) is 16.9. The second-order valence-electron chi connectivity index (χ2n) is 6.49. The van der Waals surface area contributed by atoms with Crippen molar-refractivity contribution < 1.29 is 29.3 Å². The summed E-state index contributed by atoms with van der Waals surface area (Å²) in [5, 5.41) is 21.1. The van der Waals surface area contributed by atoms with Crippen LogP contribution in [0.25, 0.3) is 10.4 Å². The average Bonchev–Trinajstić information content (AvgIpc) is 3.04. The van der Waals surface area contributed by atoms with Gasteiger partial charge in [0.05, 0.1) is 6.42 Å². The van der Waals surface area contributed by atoms with Crippen LogP contribution in [0.3, 0.4) is 0 Å². The van der Waals surface area contributed by atoms with Gasteiger partial charge in [0.15, 0.2) is 11.5 Å². The Kier molecular flexibility index (Phi) is 6.48. The van der Waals surface area contributed by atoms with Crippen molar-refractivity contribution >= 4 is 34.9 Å². The molecule has 0 unspecified atom stereocenters. The number of carboxylic acid groups (broad SMARTS) is 2. The van der Waals surface area contributed by atoms with Crippen molar-refractivity contribution in [1.29, 1.82) is 0 Å². The minimum absolute atomic E-state index is 0.0519. The number of rotatable bonds is 8. The molecule has 154 valence electrons.